The second-order valence-corrected chi connectivity index (χ2v) is 7.21. The van der Waals surface area contributed by atoms with Crippen LogP contribution in [0.1, 0.15) is 47.7 Å². The van der Waals surface area contributed by atoms with E-state index in [-0.39, 0.29) is 17.8 Å². The minimum absolute atomic E-state index is 0.0904. The van der Waals surface area contributed by atoms with Gasteiger partial charge in [0.2, 0.25) is 0 Å². The third kappa shape index (κ3) is 4.45. The van der Waals surface area contributed by atoms with Crippen molar-refractivity contribution >= 4 is 34.7 Å². The number of aryl methyl sites for hydroxylation is 2. The van der Waals surface area contributed by atoms with Gasteiger partial charge in [-0.1, -0.05) is 24.4 Å². The van der Waals surface area contributed by atoms with Crippen LogP contribution in [0.5, 0.6) is 0 Å². The predicted octanol–water partition coefficient (Wildman–Crippen LogP) is 2.67. The zero-order valence-electron chi connectivity index (χ0n) is 15.4. The van der Waals surface area contributed by atoms with Gasteiger partial charge in [0, 0.05) is 12.1 Å². The van der Waals surface area contributed by atoms with E-state index < -0.39 is 5.91 Å². The van der Waals surface area contributed by atoms with Gasteiger partial charge in [0.15, 0.2) is 11.5 Å². The van der Waals surface area contributed by atoms with Crippen LogP contribution in [-0.4, -0.2) is 32.9 Å². The SMILES string of the molecule is Cc1nc(C)c(Cl)c(Nc2cc(N[C@@H]3CCCC[C@@H]3N)cnc2C(N)=O)n1. The normalized spacial score (nSPS) is 19.6. The van der Waals surface area contributed by atoms with Crippen LogP contribution in [0.25, 0.3) is 0 Å². The Kier molecular flexibility index (Phi) is 5.76. The highest BCUT2D eigenvalue weighted by Gasteiger charge is 2.22. The average molecular weight is 390 g/mol. The molecule has 9 heteroatoms. The van der Waals surface area contributed by atoms with E-state index in [4.69, 9.17) is 23.1 Å². The van der Waals surface area contributed by atoms with Crippen LogP contribution >= 0.6 is 11.6 Å². The molecular formula is C18H24ClN7O. The van der Waals surface area contributed by atoms with E-state index in [1.54, 1.807) is 26.1 Å². The number of hydrogen-bond donors (Lipinski definition) is 4. The highest BCUT2D eigenvalue weighted by Crippen LogP contribution is 2.29. The molecule has 1 aliphatic rings. The van der Waals surface area contributed by atoms with Gasteiger partial charge in [0.1, 0.15) is 10.8 Å². The second kappa shape index (κ2) is 8.06. The number of nitrogens with zero attached hydrogens (tertiary/aromatic N) is 3. The van der Waals surface area contributed by atoms with Crippen molar-refractivity contribution in [1.29, 1.82) is 0 Å². The third-order valence-corrected chi connectivity index (χ3v) is 5.13. The summed E-state index contributed by atoms with van der Waals surface area (Å²) >= 11 is 6.31. The zero-order valence-corrected chi connectivity index (χ0v) is 16.2. The summed E-state index contributed by atoms with van der Waals surface area (Å²) in [6.45, 7) is 3.56. The zero-order chi connectivity index (χ0) is 19.6. The van der Waals surface area contributed by atoms with Crippen molar-refractivity contribution in [2.75, 3.05) is 10.6 Å². The predicted molar refractivity (Wildman–Crippen MR) is 106 cm³/mol. The molecule has 0 radical (unpaired) electrons. The first-order valence-electron chi connectivity index (χ1n) is 8.95. The number of aromatic nitrogens is 3. The number of carbonyl (C=O) groups excluding carboxylic acids is 1. The highest BCUT2D eigenvalue weighted by atomic mass is 35.5. The van der Waals surface area contributed by atoms with Crippen LogP contribution < -0.4 is 22.1 Å². The highest BCUT2D eigenvalue weighted by molar-refractivity contribution is 6.33. The minimum atomic E-state index is -0.642. The number of carbonyl (C=O) groups is 1. The molecule has 0 aromatic carbocycles. The molecule has 0 bridgehead atoms. The lowest BCUT2D eigenvalue weighted by Crippen LogP contribution is -2.42. The lowest BCUT2D eigenvalue weighted by atomic mass is 9.91. The van der Waals surface area contributed by atoms with E-state index in [0.29, 0.717) is 28.0 Å². The van der Waals surface area contributed by atoms with Gasteiger partial charge in [-0.25, -0.2) is 15.0 Å². The summed E-state index contributed by atoms with van der Waals surface area (Å²) in [5, 5.41) is 6.87. The molecule has 3 rings (SSSR count). The van der Waals surface area contributed by atoms with Crippen molar-refractivity contribution in [3.05, 3.63) is 34.5 Å². The maximum Gasteiger partial charge on any atom is 0.269 e. The van der Waals surface area contributed by atoms with Crippen molar-refractivity contribution in [3.63, 3.8) is 0 Å². The molecule has 2 heterocycles. The van der Waals surface area contributed by atoms with Gasteiger partial charge in [-0.3, -0.25) is 4.79 Å². The minimum Gasteiger partial charge on any atom is -0.379 e. The standard InChI is InChI=1S/C18H24ClN7O/c1-9-15(19)18(24-10(2)23-9)26-14-7-11(8-22-16(14)17(21)27)25-13-6-4-3-5-12(13)20/h7-8,12-13,25H,3-6,20H2,1-2H3,(H2,21,27)(H,23,24,26)/t12-,13+/m0/s1. The van der Waals surface area contributed by atoms with E-state index in [9.17, 15) is 4.79 Å². The van der Waals surface area contributed by atoms with Crippen molar-refractivity contribution in [2.24, 2.45) is 11.5 Å². The van der Waals surface area contributed by atoms with Crippen molar-refractivity contribution in [3.8, 4) is 0 Å². The smallest absolute Gasteiger partial charge is 0.269 e. The van der Waals surface area contributed by atoms with Gasteiger partial charge in [-0.2, -0.15) is 0 Å². The molecule has 2 atom stereocenters. The Hall–Kier alpha value is -2.45. The summed E-state index contributed by atoms with van der Waals surface area (Å²) < 4.78 is 0. The maximum absolute atomic E-state index is 11.8. The van der Waals surface area contributed by atoms with Crippen LogP contribution in [0.15, 0.2) is 12.3 Å². The molecule has 8 nitrogen and oxygen atoms in total. The van der Waals surface area contributed by atoms with Crippen molar-refractivity contribution in [2.45, 2.75) is 51.6 Å². The van der Waals surface area contributed by atoms with E-state index in [0.717, 1.165) is 31.4 Å². The Balaban J connectivity index is 1.92. The number of halogens is 1. The van der Waals surface area contributed by atoms with Crippen LogP contribution in [0, 0.1) is 13.8 Å². The lowest BCUT2D eigenvalue weighted by Gasteiger charge is -2.30. The van der Waals surface area contributed by atoms with E-state index >= 15 is 0 Å². The molecule has 27 heavy (non-hydrogen) atoms. The van der Waals surface area contributed by atoms with Gasteiger partial charge in [0.05, 0.1) is 23.3 Å². The molecule has 1 aliphatic carbocycles. The molecule has 144 valence electrons. The van der Waals surface area contributed by atoms with Crippen molar-refractivity contribution < 1.29 is 4.79 Å². The largest absolute Gasteiger partial charge is 0.379 e. The topological polar surface area (TPSA) is 132 Å². The van der Waals surface area contributed by atoms with Crippen LogP contribution in [0.2, 0.25) is 5.02 Å². The molecule has 1 amide bonds. The summed E-state index contributed by atoms with van der Waals surface area (Å²) in [6, 6.07) is 2.03. The van der Waals surface area contributed by atoms with E-state index in [1.165, 1.54) is 0 Å². The average Bonchev–Trinajstić information content (AvgIpc) is 2.61. The Morgan fingerprint density at radius 2 is 2.00 bits per heavy atom. The third-order valence-electron chi connectivity index (χ3n) is 4.67. The summed E-state index contributed by atoms with van der Waals surface area (Å²) in [5.41, 5.74) is 13.6. The Labute approximate surface area is 163 Å². The van der Waals surface area contributed by atoms with E-state index in [2.05, 4.69) is 25.6 Å². The first-order chi connectivity index (χ1) is 12.8. The number of amides is 1. The van der Waals surface area contributed by atoms with Crippen LogP contribution in [0.3, 0.4) is 0 Å². The molecule has 0 aliphatic heterocycles. The summed E-state index contributed by atoms with van der Waals surface area (Å²) in [6.07, 6.45) is 5.86. The fraction of sp³-hybridized carbons (Fsp3) is 0.444. The summed E-state index contributed by atoms with van der Waals surface area (Å²) in [7, 11) is 0. The van der Waals surface area contributed by atoms with Crippen molar-refractivity contribution in [1.82, 2.24) is 15.0 Å². The quantitative estimate of drug-likeness (QED) is 0.617. The summed E-state index contributed by atoms with van der Waals surface area (Å²) in [5.74, 6) is 0.324. The Bertz CT molecular complexity index is 858. The molecular weight excluding hydrogens is 366 g/mol. The van der Waals surface area contributed by atoms with E-state index in [1.807, 2.05) is 0 Å². The first-order valence-corrected chi connectivity index (χ1v) is 9.32. The lowest BCUT2D eigenvalue weighted by molar-refractivity contribution is 0.0996. The molecule has 2 aromatic heterocycles. The number of primary amides is 1. The van der Waals surface area contributed by atoms with Gasteiger partial charge in [0.25, 0.3) is 5.91 Å². The molecule has 6 N–H and O–H groups in total. The van der Waals surface area contributed by atoms with Gasteiger partial charge in [-0.05, 0) is 32.8 Å². The number of anilines is 3. The number of rotatable bonds is 5. The van der Waals surface area contributed by atoms with Gasteiger partial charge >= 0.3 is 0 Å². The molecule has 1 fully saturated rings. The Morgan fingerprint density at radius 3 is 2.70 bits per heavy atom. The molecule has 0 unspecified atom stereocenters. The fourth-order valence-corrected chi connectivity index (χ4v) is 3.43. The maximum atomic E-state index is 11.8. The molecule has 0 spiro atoms. The first kappa shape index (κ1) is 19.3. The molecule has 0 saturated heterocycles. The number of nitrogens with two attached hydrogens (primary N) is 2. The number of hydrogen-bond acceptors (Lipinski definition) is 7. The van der Waals surface area contributed by atoms with Gasteiger partial charge < -0.3 is 22.1 Å². The van der Waals surface area contributed by atoms with Gasteiger partial charge in [-0.15, -0.1) is 0 Å². The monoisotopic (exact) mass is 389 g/mol. The fourth-order valence-electron chi connectivity index (χ4n) is 3.30. The molecule has 1 saturated carbocycles. The number of pyridine rings is 1. The summed E-state index contributed by atoms with van der Waals surface area (Å²) in [4.78, 5) is 24.5. The molecule has 2 aromatic rings. The van der Waals surface area contributed by atoms with Crippen LogP contribution in [-0.2, 0) is 0 Å². The number of nitrogens with one attached hydrogen (secondary N) is 2. The van der Waals surface area contributed by atoms with Crippen LogP contribution in [0.4, 0.5) is 17.2 Å². The second-order valence-electron chi connectivity index (χ2n) is 6.83. The Morgan fingerprint density at radius 1 is 1.26 bits per heavy atom.